The molecule has 23 heavy (non-hydrogen) atoms. The van der Waals surface area contributed by atoms with Crippen LogP contribution in [-0.4, -0.2) is 65.6 Å². The zero-order valence-electron chi connectivity index (χ0n) is 13.3. The summed E-state index contributed by atoms with van der Waals surface area (Å²) in [4.78, 5) is 31.5. The Morgan fingerprint density at radius 1 is 1.48 bits per heavy atom. The lowest BCUT2D eigenvalue weighted by Gasteiger charge is -2.38. The van der Waals surface area contributed by atoms with Crippen molar-refractivity contribution >= 4 is 17.7 Å². The van der Waals surface area contributed by atoms with Crippen molar-refractivity contribution in [3.63, 3.8) is 0 Å². The number of nitrogens with one attached hydrogen (secondary N) is 1. The zero-order chi connectivity index (χ0) is 16.3. The number of hydrogen-bond donors (Lipinski definition) is 1. The van der Waals surface area contributed by atoms with Crippen LogP contribution in [-0.2, 0) is 9.53 Å². The number of carbonyl (C=O) groups excluding carboxylic acids is 2. The van der Waals surface area contributed by atoms with Gasteiger partial charge in [0.05, 0.1) is 18.4 Å². The Hall–Kier alpha value is -2.15. The van der Waals surface area contributed by atoms with Gasteiger partial charge in [0.15, 0.2) is 0 Å². The molecule has 1 aromatic heterocycles. The van der Waals surface area contributed by atoms with Crippen LogP contribution in [0.25, 0.3) is 0 Å². The van der Waals surface area contributed by atoms with Crippen LogP contribution >= 0.6 is 0 Å². The fourth-order valence-electron chi connectivity index (χ4n) is 3.31. The Bertz CT molecular complexity index is 580. The molecule has 124 valence electrons. The highest BCUT2D eigenvalue weighted by molar-refractivity contribution is 5.90. The second kappa shape index (κ2) is 6.54. The van der Waals surface area contributed by atoms with E-state index in [4.69, 9.17) is 4.74 Å². The van der Waals surface area contributed by atoms with Gasteiger partial charge in [-0.3, -0.25) is 14.7 Å². The topological polar surface area (TPSA) is 74.8 Å². The molecule has 3 heterocycles. The van der Waals surface area contributed by atoms with Crippen molar-refractivity contribution in [1.29, 1.82) is 0 Å². The maximum Gasteiger partial charge on any atom is 0.410 e. The number of amides is 2. The average molecular weight is 318 g/mol. The van der Waals surface area contributed by atoms with Gasteiger partial charge in [0.1, 0.15) is 5.60 Å². The van der Waals surface area contributed by atoms with Crippen LogP contribution in [0.1, 0.15) is 19.3 Å². The van der Waals surface area contributed by atoms with Crippen LogP contribution < -0.4 is 5.32 Å². The van der Waals surface area contributed by atoms with E-state index in [1.54, 1.807) is 30.4 Å². The summed E-state index contributed by atoms with van der Waals surface area (Å²) in [6.07, 6.45) is 5.33. The van der Waals surface area contributed by atoms with Crippen LogP contribution in [0.2, 0.25) is 0 Å². The molecule has 1 atom stereocenters. The maximum atomic E-state index is 12.0. The Kier molecular flexibility index (Phi) is 4.47. The quantitative estimate of drug-likeness (QED) is 0.906. The van der Waals surface area contributed by atoms with Crippen LogP contribution in [0, 0.1) is 0 Å². The first-order chi connectivity index (χ1) is 11.1. The third-order valence-electron chi connectivity index (χ3n) is 4.36. The second-order valence-electron chi connectivity index (χ2n) is 6.33. The number of carbonyl (C=O) groups is 2. The third-order valence-corrected chi connectivity index (χ3v) is 4.36. The van der Waals surface area contributed by atoms with E-state index < -0.39 is 5.60 Å². The normalized spacial score (nSPS) is 24.7. The summed E-state index contributed by atoms with van der Waals surface area (Å²) >= 11 is 0. The molecular formula is C16H22N4O3. The number of nitrogens with zero attached hydrogens (tertiary/aromatic N) is 3. The number of piperidine rings is 1. The van der Waals surface area contributed by atoms with E-state index in [-0.39, 0.29) is 12.0 Å². The van der Waals surface area contributed by atoms with Crippen LogP contribution in [0.5, 0.6) is 0 Å². The number of rotatable bonds is 4. The minimum Gasteiger partial charge on any atom is -0.440 e. The van der Waals surface area contributed by atoms with Crippen LogP contribution in [0.15, 0.2) is 24.5 Å². The number of ether oxygens (including phenoxy) is 1. The van der Waals surface area contributed by atoms with Crippen molar-refractivity contribution in [2.75, 3.05) is 38.5 Å². The van der Waals surface area contributed by atoms with Gasteiger partial charge < -0.3 is 15.0 Å². The molecule has 2 amide bonds. The lowest BCUT2D eigenvalue weighted by Crippen LogP contribution is -2.50. The van der Waals surface area contributed by atoms with Crippen molar-refractivity contribution in [2.24, 2.45) is 0 Å². The van der Waals surface area contributed by atoms with E-state index in [1.165, 1.54) is 0 Å². The molecule has 1 N–H and O–H groups in total. The van der Waals surface area contributed by atoms with E-state index in [0.29, 0.717) is 31.7 Å². The molecule has 0 saturated carbocycles. The van der Waals surface area contributed by atoms with Gasteiger partial charge in [-0.25, -0.2) is 4.79 Å². The minimum atomic E-state index is -0.399. The highest BCUT2D eigenvalue weighted by Gasteiger charge is 2.46. The van der Waals surface area contributed by atoms with Gasteiger partial charge in [0.25, 0.3) is 0 Å². The predicted octanol–water partition coefficient (Wildman–Crippen LogP) is 1.33. The van der Waals surface area contributed by atoms with E-state index in [1.807, 2.05) is 6.07 Å². The largest absolute Gasteiger partial charge is 0.440 e. The van der Waals surface area contributed by atoms with Gasteiger partial charge in [-0.2, -0.15) is 0 Å². The third kappa shape index (κ3) is 3.79. The summed E-state index contributed by atoms with van der Waals surface area (Å²) in [5, 5.41) is 2.83. The number of hydrogen-bond acceptors (Lipinski definition) is 5. The molecule has 2 aliphatic rings. The molecular weight excluding hydrogens is 296 g/mol. The number of anilines is 1. The Labute approximate surface area is 135 Å². The highest BCUT2D eigenvalue weighted by Crippen LogP contribution is 2.31. The molecule has 7 nitrogen and oxygen atoms in total. The van der Waals surface area contributed by atoms with E-state index in [9.17, 15) is 9.59 Å². The highest BCUT2D eigenvalue weighted by atomic mass is 16.6. The standard InChI is InChI=1S/C16H22N4O3/c1-19-11-16(23-15(19)22)6-3-8-20(12-16)9-5-14(21)18-13-4-2-7-17-10-13/h2,4,7,10H,3,5-6,8-9,11-12H2,1H3,(H,18,21)/t16-/m1/s1. The van der Waals surface area contributed by atoms with Crippen molar-refractivity contribution < 1.29 is 14.3 Å². The molecule has 0 unspecified atom stereocenters. The van der Waals surface area contributed by atoms with Gasteiger partial charge >= 0.3 is 6.09 Å². The minimum absolute atomic E-state index is 0.0295. The van der Waals surface area contributed by atoms with Crippen molar-refractivity contribution in [3.8, 4) is 0 Å². The molecule has 0 bridgehead atoms. The fraction of sp³-hybridized carbons (Fsp3) is 0.562. The SMILES string of the molecule is CN1C[C@@]2(CCCN(CCC(=O)Nc3cccnc3)C2)OC1=O. The number of likely N-dealkylation sites (tertiary alicyclic amines) is 1. The van der Waals surface area contributed by atoms with Crippen molar-refractivity contribution in [1.82, 2.24) is 14.8 Å². The van der Waals surface area contributed by atoms with E-state index >= 15 is 0 Å². The molecule has 1 spiro atoms. The molecule has 3 rings (SSSR count). The first-order valence-corrected chi connectivity index (χ1v) is 7.93. The zero-order valence-corrected chi connectivity index (χ0v) is 13.3. The summed E-state index contributed by atoms with van der Waals surface area (Å²) in [5.41, 5.74) is 0.308. The predicted molar refractivity (Wildman–Crippen MR) is 85.0 cm³/mol. The summed E-state index contributed by atoms with van der Waals surface area (Å²) in [6.45, 7) is 2.92. The summed E-state index contributed by atoms with van der Waals surface area (Å²) in [5.74, 6) is -0.0295. The lowest BCUT2D eigenvalue weighted by atomic mass is 9.92. The maximum absolute atomic E-state index is 12.0. The van der Waals surface area contributed by atoms with Gasteiger partial charge in [-0.05, 0) is 31.5 Å². The number of likely N-dealkylation sites (N-methyl/N-ethyl adjacent to an activating group) is 1. The van der Waals surface area contributed by atoms with Gasteiger partial charge in [-0.1, -0.05) is 0 Å². The average Bonchev–Trinajstić information content (AvgIpc) is 2.80. The lowest BCUT2D eigenvalue weighted by molar-refractivity contribution is -0.116. The van der Waals surface area contributed by atoms with Gasteiger partial charge in [0.2, 0.25) is 5.91 Å². The Morgan fingerprint density at radius 3 is 3.04 bits per heavy atom. The van der Waals surface area contributed by atoms with Gasteiger partial charge in [0, 0.05) is 32.8 Å². The summed E-state index contributed by atoms with van der Waals surface area (Å²) in [7, 11) is 1.76. The molecule has 7 heteroatoms. The summed E-state index contributed by atoms with van der Waals surface area (Å²) in [6, 6.07) is 3.60. The first kappa shape index (κ1) is 15.7. The molecule has 1 aromatic rings. The number of aromatic nitrogens is 1. The summed E-state index contributed by atoms with van der Waals surface area (Å²) < 4.78 is 5.57. The molecule has 0 aliphatic carbocycles. The van der Waals surface area contributed by atoms with Crippen LogP contribution in [0.4, 0.5) is 10.5 Å². The smallest absolute Gasteiger partial charge is 0.410 e. The van der Waals surface area contributed by atoms with E-state index in [2.05, 4.69) is 15.2 Å². The van der Waals surface area contributed by atoms with Crippen molar-refractivity contribution in [2.45, 2.75) is 24.9 Å². The molecule has 2 saturated heterocycles. The van der Waals surface area contributed by atoms with Crippen molar-refractivity contribution in [3.05, 3.63) is 24.5 Å². The van der Waals surface area contributed by atoms with E-state index in [0.717, 1.165) is 19.4 Å². The number of pyridine rings is 1. The van der Waals surface area contributed by atoms with Crippen LogP contribution in [0.3, 0.4) is 0 Å². The van der Waals surface area contributed by atoms with Gasteiger partial charge in [-0.15, -0.1) is 0 Å². The first-order valence-electron chi connectivity index (χ1n) is 7.93. The second-order valence-corrected chi connectivity index (χ2v) is 6.33. The Balaban J connectivity index is 1.49. The molecule has 0 radical (unpaired) electrons. The monoisotopic (exact) mass is 318 g/mol. The molecule has 0 aromatic carbocycles. The Morgan fingerprint density at radius 2 is 2.35 bits per heavy atom. The molecule has 2 fully saturated rings. The molecule has 2 aliphatic heterocycles. The fourth-order valence-corrected chi connectivity index (χ4v) is 3.31.